The predicted octanol–water partition coefficient (Wildman–Crippen LogP) is 8.65. The molecule has 0 spiro atoms. The van der Waals surface area contributed by atoms with Crippen LogP contribution >= 0.6 is 23.2 Å². The lowest BCUT2D eigenvalue weighted by atomic mass is 10.1. The van der Waals surface area contributed by atoms with E-state index < -0.39 is 0 Å². The summed E-state index contributed by atoms with van der Waals surface area (Å²) in [5.41, 5.74) is 4.68. The highest BCUT2D eigenvalue weighted by molar-refractivity contribution is 6.32. The van der Waals surface area contributed by atoms with Gasteiger partial charge < -0.3 is 4.74 Å². The minimum absolute atomic E-state index is 0.502. The van der Waals surface area contributed by atoms with Gasteiger partial charge in [-0.05, 0) is 65.2 Å². The van der Waals surface area contributed by atoms with Crippen molar-refractivity contribution in [2.24, 2.45) is 10.2 Å². The van der Waals surface area contributed by atoms with Crippen molar-refractivity contribution in [2.45, 2.75) is 6.61 Å². The largest absolute Gasteiger partial charge is 0.489 e. The van der Waals surface area contributed by atoms with Crippen molar-refractivity contribution in [3.05, 3.63) is 113 Å². The van der Waals surface area contributed by atoms with E-state index in [1.54, 1.807) is 6.07 Å². The summed E-state index contributed by atoms with van der Waals surface area (Å²) in [5, 5.41) is 9.77. The van der Waals surface area contributed by atoms with Crippen molar-refractivity contribution < 1.29 is 4.74 Å². The average molecular weight is 433 g/mol. The number of hydrogen-bond donors (Lipinski definition) is 0. The van der Waals surface area contributed by atoms with E-state index in [1.807, 2.05) is 91.0 Å². The molecule has 4 rings (SSSR count). The average Bonchev–Trinajstić information content (AvgIpc) is 2.79. The molecular formula is C25H18Cl2N2O. The standard InChI is InChI=1S/C25H18Cl2N2O/c26-21-11-5-18(6-12-21)17-30-23-15-9-20(10-16-23)19-7-13-22(14-8-19)28-29-25-4-2-1-3-24(25)27/h1-16H,17H2. The summed E-state index contributed by atoms with van der Waals surface area (Å²) in [5.74, 6) is 0.818. The first-order valence-corrected chi connectivity index (χ1v) is 10.2. The van der Waals surface area contributed by atoms with Crippen molar-refractivity contribution in [3.8, 4) is 16.9 Å². The normalized spacial score (nSPS) is 11.0. The van der Waals surface area contributed by atoms with Gasteiger partial charge in [-0.25, -0.2) is 0 Å². The highest BCUT2D eigenvalue weighted by Gasteiger charge is 2.01. The molecule has 0 N–H and O–H groups in total. The zero-order valence-electron chi connectivity index (χ0n) is 16.0. The Bertz CT molecular complexity index is 1140. The Labute approximate surface area is 185 Å². The van der Waals surface area contributed by atoms with Crippen LogP contribution in [0.15, 0.2) is 107 Å². The second-order valence-corrected chi connectivity index (χ2v) is 7.48. The maximum absolute atomic E-state index is 6.10. The molecule has 0 aromatic heterocycles. The van der Waals surface area contributed by atoms with E-state index in [0.29, 0.717) is 17.3 Å². The maximum atomic E-state index is 6.10. The molecule has 0 fully saturated rings. The lowest BCUT2D eigenvalue weighted by Crippen LogP contribution is -1.94. The molecule has 0 saturated carbocycles. The Morgan fingerprint density at radius 2 is 1.27 bits per heavy atom. The summed E-state index contributed by atoms with van der Waals surface area (Å²) < 4.78 is 5.84. The van der Waals surface area contributed by atoms with Gasteiger partial charge >= 0.3 is 0 Å². The number of azo groups is 1. The molecule has 5 heteroatoms. The van der Waals surface area contributed by atoms with Gasteiger partial charge in [0, 0.05) is 5.02 Å². The zero-order valence-corrected chi connectivity index (χ0v) is 17.5. The smallest absolute Gasteiger partial charge is 0.119 e. The first-order valence-electron chi connectivity index (χ1n) is 9.41. The van der Waals surface area contributed by atoms with Crippen molar-refractivity contribution in [1.82, 2.24) is 0 Å². The molecular weight excluding hydrogens is 415 g/mol. The van der Waals surface area contributed by atoms with Crippen LogP contribution in [0.2, 0.25) is 10.0 Å². The second-order valence-electron chi connectivity index (χ2n) is 6.64. The van der Waals surface area contributed by atoms with Crippen LogP contribution in [-0.2, 0) is 6.61 Å². The summed E-state index contributed by atoms with van der Waals surface area (Å²) in [7, 11) is 0. The van der Waals surface area contributed by atoms with E-state index in [-0.39, 0.29) is 0 Å². The van der Waals surface area contributed by atoms with E-state index in [2.05, 4.69) is 10.2 Å². The molecule has 3 nitrogen and oxygen atoms in total. The molecule has 4 aromatic carbocycles. The number of rotatable bonds is 6. The Morgan fingerprint density at radius 1 is 0.633 bits per heavy atom. The van der Waals surface area contributed by atoms with Gasteiger partial charge in [-0.1, -0.05) is 71.7 Å². The van der Waals surface area contributed by atoms with Gasteiger partial charge in [-0.3, -0.25) is 0 Å². The van der Waals surface area contributed by atoms with Gasteiger partial charge in [0.2, 0.25) is 0 Å². The molecule has 148 valence electrons. The fourth-order valence-electron chi connectivity index (χ4n) is 2.86. The van der Waals surface area contributed by atoms with Crippen LogP contribution in [0.25, 0.3) is 11.1 Å². The molecule has 0 radical (unpaired) electrons. The number of hydrogen-bond acceptors (Lipinski definition) is 3. The Morgan fingerprint density at radius 3 is 1.93 bits per heavy atom. The number of nitrogens with zero attached hydrogens (tertiary/aromatic N) is 2. The second kappa shape index (κ2) is 9.57. The van der Waals surface area contributed by atoms with Crippen LogP contribution in [0.4, 0.5) is 11.4 Å². The third-order valence-corrected chi connectivity index (χ3v) is 5.07. The van der Waals surface area contributed by atoms with Crippen molar-refractivity contribution in [2.75, 3.05) is 0 Å². The third-order valence-electron chi connectivity index (χ3n) is 4.50. The first-order chi connectivity index (χ1) is 14.7. The summed E-state index contributed by atoms with van der Waals surface area (Å²) >= 11 is 12.0. The van der Waals surface area contributed by atoms with Gasteiger partial charge in [-0.2, -0.15) is 5.11 Å². The number of benzene rings is 4. The third kappa shape index (κ3) is 5.26. The Kier molecular flexibility index (Phi) is 6.43. The Balaban J connectivity index is 1.39. The molecule has 4 aromatic rings. The predicted molar refractivity (Wildman–Crippen MR) is 123 cm³/mol. The summed E-state index contributed by atoms with van der Waals surface area (Å²) in [6, 6.07) is 30.9. The summed E-state index contributed by atoms with van der Waals surface area (Å²) in [4.78, 5) is 0. The molecule has 0 amide bonds. The highest BCUT2D eigenvalue weighted by Crippen LogP contribution is 2.28. The molecule has 0 aliphatic heterocycles. The van der Waals surface area contributed by atoms with E-state index in [9.17, 15) is 0 Å². The highest BCUT2D eigenvalue weighted by atomic mass is 35.5. The minimum atomic E-state index is 0.502. The van der Waals surface area contributed by atoms with Gasteiger partial charge in [0.05, 0.1) is 10.7 Å². The van der Waals surface area contributed by atoms with Crippen molar-refractivity contribution in [3.63, 3.8) is 0 Å². The molecule has 0 aliphatic rings. The van der Waals surface area contributed by atoms with Crippen LogP contribution in [0.1, 0.15) is 5.56 Å². The van der Waals surface area contributed by atoms with Crippen molar-refractivity contribution >= 4 is 34.6 Å². The minimum Gasteiger partial charge on any atom is -0.489 e. The SMILES string of the molecule is Clc1ccc(COc2ccc(-c3ccc(N=Nc4ccccc4Cl)cc3)cc2)cc1. The topological polar surface area (TPSA) is 34.0 Å². The van der Waals surface area contributed by atoms with Crippen LogP contribution in [-0.4, -0.2) is 0 Å². The monoisotopic (exact) mass is 432 g/mol. The molecule has 0 heterocycles. The van der Waals surface area contributed by atoms with Gasteiger partial charge in [0.25, 0.3) is 0 Å². The Hall–Kier alpha value is -3.14. The first kappa shape index (κ1) is 20.1. The van der Waals surface area contributed by atoms with Gasteiger partial charge in [-0.15, -0.1) is 5.11 Å². The molecule has 30 heavy (non-hydrogen) atoms. The van der Waals surface area contributed by atoms with E-state index in [4.69, 9.17) is 27.9 Å². The number of halogens is 2. The zero-order chi connectivity index (χ0) is 20.8. The molecule has 0 unspecified atom stereocenters. The fraction of sp³-hybridized carbons (Fsp3) is 0.0400. The molecule has 0 atom stereocenters. The van der Waals surface area contributed by atoms with Gasteiger partial charge in [0.1, 0.15) is 18.0 Å². The van der Waals surface area contributed by atoms with E-state index >= 15 is 0 Å². The lowest BCUT2D eigenvalue weighted by molar-refractivity contribution is 0.306. The summed E-state index contributed by atoms with van der Waals surface area (Å²) in [6.07, 6.45) is 0. The van der Waals surface area contributed by atoms with Crippen molar-refractivity contribution in [1.29, 1.82) is 0 Å². The lowest BCUT2D eigenvalue weighted by Gasteiger charge is -2.08. The maximum Gasteiger partial charge on any atom is 0.119 e. The molecule has 0 aliphatic carbocycles. The fourth-order valence-corrected chi connectivity index (χ4v) is 3.16. The van der Waals surface area contributed by atoms with Crippen LogP contribution in [0, 0.1) is 0 Å². The quantitative estimate of drug-likeness (QED) is 0.280. The van der Waals surface area contributed by atoms with Crippen LogP contribution in [0.5, 0.6) is 5.75 Å². The van der Waals surface area contributed by atoms with Gasteiger partial charge in [0.15, 0.2) is 0 Å². The number of ether oxygens (including phenoxy) is 1. The summed E-state index contributed by atoms with van der Waals surface area (Å²) in [6.45, 7) is 0.502. The van der Waals surface area contributed by atoms with E-state index in [0.717, 1.165) is 33.1 Å². The van der Waals surface area contributed by atoms with Crippen LogP contribution in [0.3, 0.4) is 0 Å². The van der Waals surface area contributed by atoms with E-state index in [1.165, 1.54) is 0 Å². The van der Waals surface area contributed by atoms with Crippen LogP contribution < -0.4 is 4.74 Å². The molecule has 0 bridgehead atoms. The molecule has 0 saturated heterocycles.